The first-order valence-corrected chi connectivity index (χ1v) is 9.70. The SMILES string of the molecule is C/C(=N\NC(=O)CN(c1ccccc1C)S(C)(=O)=O)c1ccccc1O. The van der Waals surface area contributed by atoms with E-state index >= 15 is 0 Å². The number of phenols is 1. The number of anilines is 1. The molecular weight excluding hydrogens is 354 g/mol. The van der Waals surface area contributed by atoms with Crippen molar-refractivity contribution in [2.45, 2.75) is 13.8 Å². The topological polar surface area (TPSA) is 99.1 Å². The van der Waals surface area contributed by atoms with Gasteiger partial charge >= 0.3 is 0 Å². The monoisotopic (exact) mass is 375 g/mol. The number of hydrogen-bond donors (Lipinski definition) is 2. The first kappa shape index (κ1) is 19.5. The lowest BCUT2D eigenvalue weighted by Gasteiger charge is -2.23. The molecule has 0 unspecified atom stereocenters. The number of amides is 1. The minimum atomic E-state index is -3.65. The van der Waals surface area contributed by atoms with Gasteiger partial charge in [-0.3, -0.25) is 9.10 Å². The number of benzene rings is 2. The van der Waals surface area contributed by atoms with E-state index in [4.69, 9.17) is 0 Å². The van der Waals surface area contributed by atoms with Crippen LogP contribution in [0.2, 0.25) is 0 Å². The molecule has 1 amide bonds. The van der Waals surface area contributed by atoms with Crippen LogP contribution in [0, 0.1) is 6.92 Å². The van der Waals surface area contributed by atoms with E-state index in [2.05, 4.69) is 10.5 Å². The Bertz CT molecular complexity index is 939. The molecule has 0 aromatic heterocycles. The van der Waals surface area contributed by atoms with Gasteiger partial charge in [-0.2, -0.15) is 5.10 Å². The first-order valence-electron chi connectivity index (χ1n) is 7.85. The van der Waals surface area contributed by atoms with Crippen molar-refractivity contribution < 1.29 is 18.3 Å². The van der Waals surface area contributed by atoms with Gasteiger partial charge in [0.2, 0.25) is 10.0 Å². The Morgan fingerprint density at radius 2 is 1.77 bits per heavy atom. The van der Waals surface area contributed by atoms with Crippen molar-refractivity contribution in [3.05, 3.63) is 59.7 Å². The molecule has 0 aliphatic heterocycles. The number of hydrogen-bond acceptors (Lipinski definition) is 5. The van der Waals surface area contributed by atoms with Crippen LogP contribution in [0.4, 0.5) is 5.69 Å². The Morgan fingerprint density at radius 3 is 2.38 bits per heavy atom. The summed E-state index contributed by atoms with van der Waals surface area (Å²) in [5.74, 6) is -0.547. The normalized spacial score (nSPS) is 11.9. The number of sulfonamides is 1. The van der Waals surface area contributed by atoms with Crippen molar-refractivity contribution >= 4 is 27.3 Å². The Labute approximate surface area is 153 Å². The molecule has 0 atom stereocenters. The number of aromatic hydroxyl groups is 1. The summed E-state index contributed by atoms with van der Waals surface area (Å²) in [5.41, 5.74) is 4.38. The summed E-state index contributed by atoms with van der Waals surface area (Å²) in [7, 11) is -3.65. The van der Waals surface area contributed by atoms with Crippen LogP contribution in [0.15, 0.2) is 53.6 Å². The number of rotatable bonds is 6. The Kier molecular flexibility index (Phi) is 5.99. The number of phenolic OH excluding ortho intramolecular Hbond substituents is 1. The highest BCUT2D eigenvalue weighted by Crippen LogP contribution is 2.21. The van der Waals surface area contributed by atoms with E-state index in [9.17, 15) is 18.3 Å². The van der Waals surface area contributed by atoms with E-state index in [0.29, 0.717) is 17.0 Å². The minimum absolute atomic E-state index is 0.0423. The summed E-state index contributed by atoms with van der Waals surface area (Å²) in [6, 6.07) is 13.5. The van der Waals surface area contributed by atoms with Crippen molar-refractivity contribution in [3.8, 4) is 5.75 Å². The van der Waals surface area contributed by atoms with Crippen LogP contribution in [0.25, 0.3) is 0 Å². The van der Waals surface area contributed by atoms with Gasteiger partial charge in [0.1, 0.15) is 12.3 Å². The zero-order valence-electron chi connectivity index (χ0n) is 14.8. The van der Waals surface area contributed by atoms with Crippen LogP contribution in [-0.2, 0) is 14.8 Å². The highest BCUT2D eigenvalue weighted by atomic mass is 32.2. The third-order valence-corrected chi connectivity index (χ3v) is 4.84. The lowest BCUT2D eigenvalue weighted by molar-refractivity contribution is -0.119. The molecule has 0 fully saturated rings. The predicted molar refractivity (Wildman–Crippen MR) is 102 cm³/mol. The molecule has 0 spiro atoms. The van der Waals surface area contributed by atoms with Gasteiger partial charge < -0.3 is 5.11 Å². The molecule has 0 radical (unpaired) electrons. The third-order valence-electron chi connectivity index (χ3n) is 3.71. The van der Waals surface area contributed by atoms with Gasteiger partial charge in [0.05, 0.1) is 17.7 Å². The van der Waals surface area contributed by atoms with Gasteiger partial charge in [-0.05, 0) is 37.6 Å². The highest BCUT2D eigenvalue weighted by Gasteiger charge is 2.22. The van der Waals surface area contributed by atoms with Crippen LogP contribution >= 0.6 is 0 Å². The minimum Gasteiger partial charge on any atom is -0.507 e. The standard InChI is InChI=1S/C18H21N3O4S/c1-13-8-4-6-10-16(13)21(26(3,24)25)12-18(23)20-19-14(2)15-9-5-7-11-17(15)22/h4-11,22H,12H2,1-3H3,(H,20,23)/b19-14+. The molecule has 7 nitrogen and oxygen atoms in total. The van der Waals surface area contributed by atoms with Crippen LogP contribution in [-0.4, -0.2) is 37.9 Å². The number of nitrogens with zero attached hydrogens (tertiary/aromatic N) is 2. The highest BCUT2D eigenvalue weighted by molar-refractivity contribution is 7.92. The van der Waals surface area contributed by atoms with Crippen LogP contribution in [0.1, 0.15) is 18.1 Å². The number of carbonyl (C=O) groups excluding carboxylic acids is 1. The summed E-state index contributed by atoms with van der Waals surface area (Å²) in [6.07, 6.45) is 1.04. The van der Waals surface area contributed by atoms with E-state index < -0.39 is 22.5 Å². The van der Waals surface area contributed by atoms with E-state index in [0.717, 1.165) is 16.1 Å². The summed E-state index contributed by atoms with van der Waals surface area (Å²) >= 11 is 0. The van der Waals surface area contributed by atoms with E-state index in [1.54, 1.807) is 56.3 Å². The van der Waals surface area contributed by atoms with Gasteiger partial charge in [-0.15, -0.1) is 0 Å². The molecule has 0 saturated heterocycles. The van der Waals surface area contributed by atoms with Crippen molar-refractivity contribution in [3.63, 3.8) is 0 Å². The van der Waals surface area contributed by atoms with Gasteiger partial charge in [-0.25, -0.2) is 13.8 Å². The maximum absolute atomic E-state index is 12.2. The number of aryl methyl sites for hydroxylation is 1. The summed E-state index contributed by atoms with van der Waals surface area (Å²) in [4.78, 5) is 12.2. The fraction of sp³-hybridized carbons (Fsp3) is 0.222. The largest absolute Gasteiger partial charge is 0.507 e. The smallest absolute Gasteiger partial charge is 0.260 e. The van der Waals surface area contributed by atoms with E-state index in [1.165, 1.54) is 6.07 Å². The number of nitrogens with one attached hydrogen (secondary N) is 1. The lowest BCUT2D eigenvalue weighted by atomic mass is 10.1. The molecule has 2 rings (SSSR count). The van der Waals surface area contributed by atoms with Crippen LogP contribution in [0.5, 0.6) is 5.75 Å². The maximum Gasteiger partial charge on any atom is 0.260 e. The molecule has 0 saturated carbocycles. The van der Waals surface area contributed by atoms with Gasteiger partial charge in [0, 0.05) is 5.56 Å². The molecule has 2 aromatic rings. The van der Waals surface area contributed by atoms with E-state index in [-0.39, 0.29) is 5.75 Å². The molecule has 0 aliphatic rings. The molecule has 0 heterocycles. The zero-order chi connectivity index (χ0) is 19.3. The Balaban J connectivity index is 2.17. The van der Waals surface area contributed by atoms with Gasteiger partial charge in [0.25, 0.3) is 5.91 Å². The van der Waals surface area contributed by atoms with Crippen molar-refractivity contribution in [1.29, 1.82) is 0 Å². The number of hydrazone groups is 1. The quantitative estimate of drug-likeness (QED) is 0.596. The second-order valence-electron chi connectivity index (χ2n) is 5.81. The van der Waals surface area contributed by atoms with Crippen molar-refractivity contribution in [2.24, 2.45) is 5.10 Å². The third kappa shape index (κ3) is 4.82. The number of carbonyl (C=O) groups is 1. The maximum atomic E-state index is 12.2. The average molecular weight is 375 g/mol. The molecule has 0 aliphatic carbocycles. The van der Waals surface area contributed by atoms with Crippen LogP contribution < -0.4 is 9.73 Å². The van der Waals surface area contributed by atoms with Crippen LogP contribution in [0.3, 0.4) is 0 Å². The fourth-order valence-corrected chi connectivity index (χ4v) is 3.29. The second kappa shape index (κ2) is 8.01. The fourth-order valence-electron chi connectivity index (χ4n) is 2.38. The van der Waals surface area contributed by atoms with Gasteiger partial charge in [-0.1, -0.05) is 30.3 Å². The molecular formula is C18H21N3O4S. The van der Waals surface area contributed by atoms with E-state index in [1.807, 2.05) is 0 Å². The lowest BCUT2D eigenvalue weighted by Crippen LogP contribution is -2.39. The summed E-state index contributed by atoms with van der Waals surface area (Å²) in [6.45, 7) is 3.00. The molecule has 0 bridgehead atoms. The zero-order valence-corrected chi connectivity index (χ0v) is 15.6. The summed E-state index contributed by atoms with van der Waals surface area (Å²) < 4.78 is 25.2. The first-order chi connectivity index (χ1) is 12.2. The number of para-hydroxylation sites is 2. The average Bonchev–Trinajstić information content (AvgIpc) is 2.58. The molecule has 26 heavy (non-hydrogen) atoms. The van der Waals surface area contributed by atoms with Crippen molar-refractivity contribution in [1.82, 2.24) is 5.43 Å². The predicted octanol–water partition coefficient (Wildman–Crippen LogP) is 2.01. The molecule has 138 valence electrons. The van der Waals surface area contributed by atoms with Crippen molar-refractivity contribution in [2.75, 3.05) is 17.1 Å². The second-order valence-corrected chi connectivity index (χ2v) is 7.71. The molecule has 2 aromatic carbocycles. The Morgan fingerprint density at radius 1 is 1.15 bits per heavy atom. The molecule has 2 N–H and O–H groups in total. The molecule has 8 heteroatoms. The van der Waals surface area contributed by atoms with Gasteiger partial charge in [0.15, 0.2) is 0 Å². The Hall–Kier alpha value is -2.87. The summed E-state index contributed by atoms with van der Waals surface area (Å²) in [5, 5.41) is 13.7.